The fourth-order valence-electron chi connectivity index (χ4n) is 5.90. The molecule has 0 spiro atoms. The van der Waals surface area contributed by atoms with Gasteiger partial charge in [0.15, 0.2) is 5.96 Å². The molecule has 0 unspecified atom stereocenters. The van der Waals surface area contributed by atoms with Gasteiger partial charge in [-0.1, -0.05) is 64.8 Å². The van der Waals surface area contributed by atoms with Gasteiger partial charge in [0, 0.05) is 12.5 Å². The van der Waals surface area contributed by atoms with Crippen LogP contribution in [0, 0.1) is 17.6 Å². The first-order valence-corrected chi connectivity index (χ1v) is 17.8. The van der Waals surface area contributed by atoms with E-state index >= 15 is 0 Å². The summed E-state index contributed by atoms with van der Waals surface area (Å²) in [7, 11) is 0. The zero-order valence-corrected chi connectivity index (χ0v) is 31.2. The highest BCUT2D eigenvalue weighted by molar-refractivity contribution is 5.97. The summed E-state index contributed by atoms with van der Waals surface area (Å²) in [6, 6.07) is 9.42. The van der Waals surface area contributed by atoms with Crippen molar-refractivity contribution < 1.29 is 51.0 Å². The molecule has 0 bridgehead atoms. The van der Waals surface area contributed by atoms with Crippen LogP contribution in [0.5, 0.6) is 0 Å². The van der Waals surface area contributed by atoms with Crippen molar-refractivity contribution in [1.29, 1.82) is 0 Å². The second-order valence-corrected chi connectivity index (χ2v) is 13.5. The van der Waals surface area contributed by atoms with Crippen LogP contribution in [0.2, 0.25) is 0 Å². The molecule has 1 fully saturated rings. The third-order valence-electron chi connectivity index (χ3n) is 9.27. The number of hydrogen-bond acceptors (Lipinski definition) is 6. The van der Waals surface area contributed by atoms with Crippen LogP contribution >= 0.6 is 0 Å². The smallest absolute Gasteiger partial charge is 0.475 e. The van der Waals surface area contributed by atoms with Crippen LogP contribution in [0.15, 0.2) is 53.5 Å². The summed E-state index contributed by atoms with van der Waals surface area (Å²) in [5.41, 5.74) is 9.52. The quantitative estimate of drug-likeness (QED) is 0.0568. The van der Waals surface area contributed by atoms with Gasteiger partial charge in [0.25, 0.3) is 0 Å². The fourth-order valence-corrected chi connectivity index (χ4v) is 5.90. The molecule has 1 atom stereocenters. The molecule has 0 radical (unpaired) electrons. The number of aliphatic imine (C=N–C) groups is 1. The monoisotopic (exact) mass is 783 g/mol. The van der Waals surface area contributed by atoms with Crippen LogP contribution in [0.1, 0.15) is 96.2 Å². The van der Waals surface area contributed by atoms with Crippen molar-refractivity contribution in [1.82, 2.24) is 21.3 Å². The lowest BCUT2D eigenvalue weighted by atomic mass is 9.89. The highest BCUT2D eigenvalue weighted by atomic mass is 19.4. The first-order chi connectivity index (χ1) is 25.7. The minimum absolute atomic E-state index is 0.106. The van der Waals surface area contributed by atoms with Gasteiger partial charge < -0.3 is 37.8 Å². The third-order valence-corrected chi connectivity index (χ3v) is 9.27. The van der Waals surface area contributed by atoms with Crippen molar-refractivity contribution in [3.8, 4) is 0 Å². The van der Waals surface area contributed by atoms with E-state index in [2.05, 4.69) is 26.3 Å². The van der Waals surface area contributed by atoms with Gasteiger partial charge in [0.1, 0.15) is 28.8 Å². The minimum atomic E-state index is -5.08. The van der Waals surface area contributed by atoms with Gasteiger partial charge in [-0.2, -0.15) is 13.2 Å². The fraction of sp³-hybridized carbons (Fsp3) is 0.514. The van der Waals surface area contributed by atoms with Gasteiger partial charge in [0.05, 0.1) is 6.04 Å². The summed E-state index contributed by atoms with van der Waals surface area (Å²) in [5, 5.41) is 18.8. The van der Waals surface area contributed by atoms with Gasteiger partial charge in [-0.25, -0.2) is 13.6 Å². The molecule has 3 rings (SSSR count). The number of benzene rings is 2. The highest BCUT2D eigenvalue weighted by Gasteiger charge is 2.45. The Hall–Kier alpha value is -5.29. The molecule has 1 aliphatic rings. The van der Waals surface area contributed by atoms with Gasteiger partial charge in [-0.15, -0.1) is 0 Å². The number of nitrogens with two attached hydrogens (primary N) is 2. The average Bonchev–Trinajstić information content (AvgIpc) is 3.60. The van der Waals surface area contributed by atoms with Gasteiger partial charge in [-0.3, -0.25) is 24.2 Å². The van der Waals surface area contributed by atoms with E-state index in [-0.39, 0.29) is 43.6 Å². The van der Waals surface area contributed by atoms with E-state index < -0.39 is 64.7 Å². The number of carboxylic acid groups (broad SMARTS) is 1. The molecule has 13 nitrogen and oxygen atoms in total. The molecule has 9 N–H and O–H groups in total. The van der Waals surface area contributed by atoms with Gasteiger partial charge in [0.2, 0.25) is 23.6 Å². The lowest BCUT2D eigenvalue weighted by Crippen LogP contribution is -2.64. The summed E-state index contributed by atoms with van der Waals surface area (Å²) < 4.78 is 59.3. The Balaban J connectivity index is 0.00000136. The highest BCUT2D eigenvalue weighted by Crippen LogP contribution is 2.32. The molecule has 1 aliphatic carbocycles. The summed E-state index contributed by atoms with van der Waals surface area (Å²) in [4.78, 5) is 67.5. The number of carboxylic acids is 1. The molecule has 0 aromatic heterocycles. The van der Waals surface area contributed by atoms with Crippen LogP contribution < -0.4 is 32.7 Å². The zero-order chi connectivity index (χ0) is 41.6. The molecule has 2 aromatic carbocycles. The van der Waals surface area contributed by atoms with Crippen LogP contribution in [0.25, 0.3) is 0 Å². The first kappa shape index (κ1) is 45.9. The number of guanidine groups is 1. The number of carbonyl (C=O) groups is 5. The van der Waals surface area contributed by atoms with Crippen molar-refractivity contribution >= 4 is 35.6 Å². The molecule has 0 heterocycles. The second-order valence-electron chi connectivity index (χ2n) is 13.5. The largest absolute Gasteiger partial charge is 0.490 e. The Morgan fingerprint density at radius 3 is 1.71 bits per heavy atom. The van der Waals surface area contributed by atoms with E-state index in [1.807, 2.05) is 0 Å². The van der Waals surface area contributed by atoms with Crippen LogP contribution in [0.3, 0.4) is 0 Å². The molecule has 2 aromatic rings. The number of aliphatic carboxylic acids is 1. The molecular formula is C37H50F5N7O6. The second kappa shape index (κ2) is 20.4. The molecular weight excluding hydrogens is 733 g/mol. The van der Waals surface area contributed by atoms with E-state index in [1.54, 1.807) is 27.7 Å². The minimum Gasteiger partial charge on any atom is -0.475 e. The van der Waals surface area contributed by atoms with E-state index in [1.165, 1.54) is 48.5 Å². The van der Waals surface area contributed by atoms with Crippen molar-refractivity contribution in [2.24, 2.45) is 22.4 Å². The maximum atomic E-state index is 14.2. The summed E-state index contributed by atoms with van der Waals surface area (Å²) in [5.74, 6) is -5.95. The summed E-state index contributed by atoms with van der Waals surface area (Å²) in [6.07, 6.45) is -1.98. The average molecular weight is 784 g/mol. The zero-order valence-electron chi connectivity index (χ0n) is 31.2. The third kappa shape index (κ3) is 13.5. The Labute approximate surface area is 316 Å². The number of halogens is 5. The number of alkyl halides is 3. The van der Waals surface area contributed by atoms with Gasteiger partial charge >= 0.3 is 12.1 Å². The molecule has 0 aliphatic heterocycles. The number of hydrogen-bond donors (Lipinski definition) is 7. The number of amides is 4. The topological polar surface area (TPSA) is 218 Å². The molecule has 1 saturated carbocycles. The van der Waals surface area contributed by atoms with E-state index in [0.29, 0.717) is 43.2 Å². The van der Waals surface area contributed by atoms with Crippen LogP contribution in [-0.4, -0.2) is 70.5 Å². The Kier molecular flexibility index (Phi) is 17.0. The Morgan fingerprint density at radius 1 is 0.836 bits per heavy atom. The predicted molar refractivity (Wildman–Crippen MR) is 194 cm³/mol. The van der Waals surface area contributed by atoms with E-state index in [4.69, 9.17) is 21.4 Å². The standard InChI is InChI=1S/C35H49F2N7O4.C2HF3O2/c1-5-34(6-2,43-29(45)22(3)4)31(47)41-27(10-9-21-40-33(38)39)30(46)44-35(19-7-8-20-35)32(48)42-28(23-11-15-25(36)16-12-23)24-13-17-26(37)18-14-24;3-2(4,5)1(6)7/h11-18,22,27-28H,5-10,19-21H2,1-4H3,(H,41,47)(H,42,48)(H,43,45)(H,44,46)(H4,38,39,40);(H,6,7)/t27-;/m1./s1. The maximum Gasteiger partial charge on any atom is 0.490 e. The van der Waals surface area contributed by atoms with Gasteiger partial charge in [-0.05, 0) is 73.9 Å². The number of nitrogens with zero attached hydrogens (tertiary/aromatic N) is 1. The molecule has 18 heteroatoms. The van der Waals surface area contributed by atoms with Crippen LogP contribution in [0.4, 0.5) is 22.0 Å². The molecule has 4 amide bonds. The number of carbonyl (C=O) groups excluding carboxylic acids is 4. The normalized spacial score (nSPS) is 14.2. The van der Waals surface area contributed by atoms with Crippen LogP contribution in [-0.2, 0) is 24.0 Å². The van der Waals surface area contributed by atoms with Crippen molar-refractivity contribution in [2.45, 2.75) is 108 Å². The van der Waals surface area contributed by atoms with E-state index in [9.17, 15) is 41.1 Å². The SMILES string of the molecule is CCC(CC)(NC(=O)C(C)C)C(=O)N[C@H](CCCN=C(N)N)C(=O)NC1(C(=O)NC(c2ccc(F)cc2)c2ccc(F)cc2)CCCC1.O=C(O)C(F)(F)F. The summed E-state index contributed by atoms with van der Waals surface area (Å²) >= 11 is 0. The Morgan fingerprint density at radius 2 is 1.31 bits per heavy atom. The molecule has 55 heavy (non-hydrogen) atoms. The maximum absolute atomic E-state index is 14.2. The van der Waals surface area contributed by atoms with Crippen molar-refractivity contribution in [3.63, 3.8) is 0 Å². The number of nitrogens with one attached hydrogen (secondary N) is 4. The molecule has 0 saturated heterocycles. The lowest BCUT2D eigenvalue weighted by Gasteiger charge is -2.36. The predicted octanol–water partition coefficient (Wildman–Crippen LogP) is 4.10. The van der Waals surface area contributed by atoms with Crippen molar-refractivity contribution in [2.75, 3.05) is 6.54 Å². The lowest BCUT2D eigenvalue weighted by molar-refractivity contribution is -0.192. The number of rotatable bonds is 16. The van der Waals surface area contributed by atoms with Crippen molar-refractivity contribution in [3.05, 3.63) is 71.3 Å². The van der Waals surface area contributed by atoms with E-state index in [0.717, 1.165) is 0 Å². The molecule has 304 valence electrons. The first-order valence-electron chi connectivity index (χ1n) is 17.8. The Bertz CT molecular complexity index is 1590. The summed E-state index contributed by atoms with van der Waals surface area (Å²) in [6.45, 7) is 7.24.